The van der Waals surface area contributed by atoms with Crippen molar-refractivity contribution in [2.45, 2.75) is 32.9 Å². The Labute approximate surface area is 99.8 Å². The molecule has 3 heteroatoms. The molecule has 2 nitrogen and oxygen atoms in total. The van der Waals surface area contributed by atoms with E-state index in [1.165, 1.54) is 11.1 Å². The summed E-state index contributed by atoms with van der Waals surface area (Å²) >= 11 is 3.50. The van der Waals surface area contributed by atoms with Crippen LogP contribution >= 0.6 is 15.9 Å². The third-order valence-corrected chi connectivity index (χ3v) is 3.27. The summed E-state index contributed by atoms with van der Waals surface area (Å²) in [6.07, 6.45) is 0.559. The molecule has 0 fully saturated rings. The topological polar surface area (TPSA) is 32.3 Å². The Morgan fingerprint density at radius 3 is 2.80 bits per heavy atom. The number of hydrogen-bond donors (Lipinski definition) is 2. The fourth-order valence-corrected chi connectivity index (χ4v) is 1.70. The van der Waals surface area contributed by atoms with Gasteiger partial charge in [-0.15, -0.1) is 0 Å². The predicted molar refractivity (Wildman–Crippen MR) is 66.9 cm³/mol. The second kappa shape index (κ2) is 6.26. The maximum atomic E-state index is 9.36. The van der Waals surface area contributed by atoms with Crippen LogP contribution in [0.2, 0.25) is 0 Å². The molecule has 1 unspecified atom stereocenters. The van der Waals surface area contributed by atoms with E-state index < -0.39 is 0 Å². The van der Waals surface area contributed by atoms with Crippen molar-refractivity contribution in [3.63, 3.8) is 0 Å². The van der Waals surface area contributed by atoms with Crippen molar-refractivity contribution < 1.29 is 5.11 Å². The first-order valence-electron chi connectivity index (χ1n) is 5.27. The van der Waals surface area contributed by atoms with E-state index in [1.54, 1.807) is 0 Å². The molecular weight excluding hydrogens is 254 g/mol. The van der Waals surface area contributed by atoms with E-state index >= 15 is 0 Å². The molecule has 1 aromatic carbocycles. The number of aryl methyl sites for hydroxylation is 1. The standard InChI is InChI=1S/C12H18BrNO/c1-3-11(15)8-14-7-10-5-4-9(2)12(13)6-10/h4-6,11,14-15H,3,7-8H2,1-2H3. The van der Waals surface area contributed by atoms with Gasteiger partial charge in [0.2, 0.25) is 0 Å². The van der Waals surface area contributed by atoms with Crippen LogP contribution in [0.5, 0.6) is 0 Å². The lowest BCUT2D eigenvalue weighted by atomic mass is 10.1. The van der Waals surface area contributed by atoms with Gasteiger partial charge in [0.25, 0.3) is 0 Å². The molecule has 0 radical (unpaired) electrons. The van der Waals surface area contributed by atoms with Gasteiger partial charge in [-0.3, -0.25) is 0 Å². The van der Waals surface area contributed by atoms with Crippen LogP contribution in [0.3, 0.4) is 0 Å². The highest BCUT2D eigenvalue weighted by Gasteiger charge is 2.00. The minimum atomic E-state index is -0.237. The van der Waals surface area contributed by atoms with Crippen LogP contribution in [0.25, 0.3) is 0 Å². The second-order valence-electron chi connectivity index (χ2n) is 3.78. The molecule has 0 aliphatic heterocycles. The predicted octanol–water partition coefficient (Wildman–Crippen LogP) is 2.62. The lowest BCUT2D eigenvalue weighted by Crippen LogP contribution is -2.25. The van der Waals surface area contributed by atoms with Crippen LogP contribution in [-0.2, 0) is 6.54 Å². The Balaban J connectivity index is 2.41. The molecule has 0 spiro atoms. The van der Waals surface area contributed by atoms with E-state index in [1.807, 2.05) is 6.92 Å². The Kier molecular flexibility index (Phi) is 5.29. The van der Waals surface area contributed by atoms with E-state index in [0.717, 1.165) is 17.4 Å². The van der Waals surface area contributed by atoms with Gasteiger partial charge in [0, 0.05) is 17.6 Å². The monoisotopic (exact) mass is 271 g/mol. The average Bonchev–Trinajstić information content (AvgIpc) is 2.23. The van der Waals surface area contributed by atoms with E-state index in [4.69, 9.17) is 0 Å². The zero-order valence-corrected chi connectivity index (χ0v) is 10.8. The summed E-state index contributed by atoms with van der Waals surface area (Å²) in [7, 11) is 0. The van der Waals surface area contributed by atoms with Crippen molar-refractivity contribution in [1.82, 2.24) is 5.32 Å². The van der Waals surface area contributed by atoms with Crippen molar-refractivity contribution in [2.75, 3.05) is 6.54 Å². The third kappa shape index (κ3) is 4.33. The van der Waals surface area contributed by atoms with Gasteiger partial charge in [0.05, 0.1) is 6.10 Å². The molecule has 15 heavy (non-hydrogen) atoms. The first-order chi connectivity index (χ1) is 7.13. The molecule has 0 heterocycles. The zero-order valence-electron chi connectivity index (χ0n) is 9.26. The Bertz CT molecular complexity index is 314. The normalized spacial score (nSPS) is 12.8. The smallest absolute Gasteiger partial charge is 0.0662 e. The second-order valence-corrected chi connectivity index (χ2v) is 4.63. The maximum absolute atomic E-state index is 9.36. The molecule has 0 aromatic heterocycles. The minimum absolute atomic E-state index is 0.237. The minimum Gasteiger partial charge on any atom is -0.392 e. The van der Waals surface area contributed by atoms with Crippen LogP contribution in [0.15, 0.2) is 22.7 Å². The number of aliphatic hydroxyl groups excluding tert-OH is 1. The van der Waals surface area contributed by atoms with E-state index in [-0.39, 0.29) is 6.10 Å². The molecule has 0 saturated carbocycles. The Morgan fingerprint density at radius 1 is 1.47 bits per heavy atom. The molecule has 0 saturated heterocycles. The van der Waals surface area contributed by atoms with Gasteiger partial charge >= 0.3 is 0 Å². The van der Waals surface area contributed by atoms with Crippen molar-refractivity contribution >= 4 is 15.9 Å². The largest absolute Gasteiger partial charge is 0.392 e. The number of rotatable bonds is 5. The zero-order chi connectivity index (χ0) is 11.3. The summed E-state index contributed by atoms with van der Waals surface area (Å²) in [5, 5.41) is 12.6. The van der Waals surface area contributed by atoms with E-state index in [0.29, 0.717) is 6.54 Å². The van der Waals surface area contributed by atoms with Gasteiger partial charge in [0.1, 0.15) is 0 Å². The molecular formula is C12H18BrNO. The van der Waals surface area contributed by atoms with Gasteiger partial charge < -0.3 is 10.4 Å². The van der Waals surface area contributed by atoms with Crippen molar-refractivity contribution in [3.05, 3.63) is 33.8 Å². The van der Waals surface area contributed by atoms with Gasteiger partial charge in [0.15, 0.2) is 0 Å². The average molecular weight is 272 g/mol. The van der Waals surface area contributed by atoms with Gasteiger partial charge in [-0.1, -0.05) is 35.0 Å². The first kappa shape index (κ1) is 12.7. The summed E-state index contributed by atoms with van der Waals surface area (Å²) in [5.41, 5.74) is 2.48. The van der Waals surface area contributed by atoms with Crippen molar-refractivity contribution in [3.8, 4) is 0 Å². The number of halogens is 1. The molecule has 0 aliphatic carbocycles. The Morgan fingerprint density at radius 2 is 2.20 bits per heavy atom. The van der Waals surface area contributed by atoms with Gasteiger partial charge in [-0.2, -0.15) is 0 Å². The van der Waals surface area contributed by atoms with Crippen molar-refractivity contribution in [1.29, 1.82) is 0 Å². The van der Waals surface area contributed by atoms with Crippen LogP contribution in [0.1, 0.15) is 24.5 Å². The SMILES string of the molecule is CCC(O)CNCc1ccc(C)c(Br)c1. The fourth-order valence-electron chi connectivity index (χ4n) is 1.27. The van der Waals surface area contributed by atoms with E-state index in [2.05, 4.69) is 46.4 Å². The summed E-state index contributed by atoms with van der Waals surface area (Å²) in [6.45, 7) is 5.51. The molecule has 84 valence electrons. The highest BCUT2D eigenvalue weighted by atomic mass is 79.9. The number of hydrogen-bond acceptors (Lipinski definition) is 2. The summed E-state index contributed by atoms with van der Waals surface area (Å²) in [5.74, 6) is 0. The van der Waals surface area contributed by atoms with Crippen LogP contribution < -0.4 is 5.32 Å². The lowest BCUT2D eigenvalue weighted by molar-refractivity contribution is 0.167. The van der Waals surface area contributed by atoms with Gasteiger partial charge in [-0.05, 0) is 30.5 Å². The number of aliphatic hydroxyl groups is 1. The molecule has 1 aromatic rings. The summed E-state index contributed by atoms with van der Waals surface area (Å²) in [4.78, 5) is 0. The molecule has 2 N–H and O–H groups in total. The molecule has 0 aliphatic rings. The molecule has 1 rings (SSSR count). The molecule has 1 atom stereocenters. The van der Waals surface area contributed by atoms with Crippen LogP contribution in [0, 0.1) is 6.92 Å². The summed E-state index contributed by atoms with van der Waals surface area (Å²) in [6, 6.07) is 6.31. The molecule has 0 bridgehead atoms. The van der Waals surface area contributed by atoms with Gasteiger partial charge in [-0.25, -0.2) is 0 Å². The maximum Gasteiger partial charge on any atom is 0.0662 e. The highest BCUT2D eigenvalue weighted by Crippen LogP contribution is 2.17. The third-order valence-electron chi connectivity index (χ3n) is 2.42. The fraction of sp³-hybridized carbons (Fsp3) is 0.500. The highest BCUT2D eigenvalue weighted by molar-refractivity contribution is 9.10. The number of nitrogens with one attached hydrogen (secondary N) is 1. The lowest BCUT2D eigenvalue weighted by Gasteiger charge is -2.10. The van der Waals surface area contributed by atoms with Crippen LogP contribution in [-0.4, -0.2) is 17.8 Å². The van der Waals surface area contributed by atoms with Crippen molar-refractivity contribution in [2.24, 2.45) is 0 Å². The quantitative estimate of drug-likeness (QED) is 0.863. The number of benzene rings is 1. The van der Waals surface area contributed by atoms with E-state index in [9.17, 15) is 5.11 Å². The molecule has 0 amide bonds. The first-order valence-corrected chi connectivity index (χ1v) is 6.06. The Hall–Kier alpha value is -0.380. The summed E-state index contributed by atoms with van der Waals surface area (Å²) < 4.78 is 1.14. The van der Waals surface area contributed by atoms with Crippen LogP contribution in [0.4, 0.5) is 0 Å².